The number of hydrogen-bond donors (Lipinski definition) is 4. The second-order valence-corrected chi connectivity index (χ2v) is 7.93. The van der Waals surface area contributed by atoms with Gasteiger partial charge in [0.05, 0.1) is 13.7 Å². The van der Waals surface area contributed by atoms with Crippen LogP contribution in [0.5, 0.6) is 0 Å². The van der Waals surface area contributed by atoms with E-state index >= 15 is 0 Å². The van der Waals surface area contributed by atoms with Gasteiger partial charge in [0, 0.05) is 17.8 Å². The van der Waals surface area contributed by atoms with E-state index < -0.39 is 30.0 Å². The molecule has 0 bridgehead atoms. The van der Waals surface area contributed by atoms with E-state index in [1.807, 2.05) is 30.3 Å². The molecule has 0 aliphatic heterocycles. The highest BCUT2D eigenvalue weighted by Gasteiger charge is 2.29. The number of rotatable bonds is 11. The molecule has 0 aliphatic carbocycles. The van der Waals surface area contributed by atoms with Crippen LogP contribution < -0.4 is 26.7 Å². The van der Waals surface area contributed by atoms with Crippen LogP contribution in [0, 0.1) is 5.92 Å². The van der Waals surface area contributed by atoms with Gasteiger partial charge in [0.1, 0.15) is 19.9 Å². The smallest absolute Gasteiger partial charge is 0.407 e. The maximum Gasteiger partial charge on any atom is 0.407 e. The Hall–Kier alpha value is -3.82. The van der Waals surface area contributed by atoms with Crippen molar-refractivity contribution in [3.63, 3.8) is 0 Å². The number of ether oxygens (including phenoxy) is 1. The van der Waals surface area contributed by atoms with E-state index in [2.05, 4.69) is 26.0 Å². The number of carbonyl (C=O) groups excluding carboxylic acids is 4. The third-order valence-electron chi connectivity index (χ3n) is 4.98. The lowest BCUT2D eigenvalue weighted by Crippen LogP contribution is -2.57. The van der Waals surface area contributed by atoms with Crippen LogP contribution in [0.2, 0.25) is 0 Å². The Kier molecular flexibility index (Phi) is 10.1. The topological polar surface area (TPSA) is 126 Å². The van der Waals surface area contributed by atoms with E-state index in [1.165, 1.54) is 7.11 Å². The van der Waals surface area contributed by atoms with Gasteiger partial charge in [-0.15, -0.1) is 0 Å². The van der Waals surface area contributed by atoms with Crippen molar-refractivity contribution in [3.05, 3.63) is 60.2 Å². The number of para-hydroxylation sites is 1. The third-order valence-corrected chi connectivity index (χ3v) is 4.98. The van der Waals surface area contributed by atoms with E-state index in [9.17, 15) is 19.2 Å². The molecule has 0 heterocycles. The van der Waals surface area contributed by atoms with Crippen molar-refractivity contribution in [2.75, 3.05) is 25.5 Å². The Balaban J connectivity index is 2.09. The van der Waals surface area contributed by atoms with Crippen LogP contribution >= 0.6 is 0 Å². The lowest BCUT2D eigenvalue weighted by molar-refractivity contribution is -0.130. The molecular weight excluding hydrogens is 435 g/mol. The summed E-state index contributed by atoms with van der Waals surface area (Å²) in [6, 6.07) is 13.6. The normalized spacial score (nSPS) is 12.2. The van der Waals surface area contributed by atoms with Gasteiger partial charge in [-0.2, -0.15) is 0 Å². The monoisotopic (exact) mass is 464 g/mol. The fourth-order valence-corrected chi connectivity index (χ4v) is 3.03. The standard InChI is InChI=1S/C24H29BN4O5/c1-15(2)21(29-24(33)34-3)23(32)28-19(13-26-18-7-5-4-6-8-18)22(31)27-14-20(30)16-9-11-17(25)12-10-16/h4-12,15,19,21,26H,13-14H2,1-3H3,(H,27,31)(H,28,32)(H,29,33)/t19-,21-/m0/s1. The molecule has 2 aromatic carbocycles. The summed E-state index contributed by atoms with van der Waals surface area (Å²) in [6.45, 7) is 3.31. The highest BCUT2D eigenvalue weighted by molar-refractivity contribution is 6.32. The highest BCUT2D eigenvalue weighted by atomic mass is 16.5. The van der Waals surface area contributed by atoms with Crippen LogP contribution in [0.15, 0.2) is 54.6 Å². The Morgan fingerprint density at radius 3 is 2.15 bits per heavy atom. The van der Waals surface area contributed by atoms with Gasteiger partial charge in [0.15, 0.2) is 5.78 Å². The number of hydrogen-bond acceptors (Lipinski definition) is 6. The number of anilines is 1. The van der Waals surface area contributed by atoms with E-state index in [4.69, 9.17) is 7.85 Å². The summed E-state index contributed by atoms with van der Waals surface area (Å²) in [4.78, 5) is 49.9. The molecule has 10 heteroatoms. The van der Waals surface area contributed by atoms with Crippen LogP contribution in [0.3, 0.4) is 0 Å². The average molecular weight is 464 g/mol. The lowest BCUT2D eigenvalue weighted by Gasteiger charge is -2.25. The van der Waals surface area contributed by atoms with E-state index in [0.717, 1.165) is 5.69 Å². The molecule has 4 N–H and O–H groups in total. The largest absolute Gasteiger partial charge is 0.453 e. The zero-order valence-electron chi connectivity index (χ0n) is 19.5. The number of alkyl carbamates (subject to hydrolysis) is 1. The Morgan fingerprint density at radius 1 is 0.912 bits per heavy atom. The molecule has 0 aromatic heterocycles. The molecule has 0 spiro atoms. The summed E-state index contributed by atoms with van der Waals surface area (Å²) in [5.74, 6) is -1.68. The molecule has 3 amide bonds. The molecule has 0 saturated carbocycles. The maximum absolute atomic E-state index is 12.9. The predicted molar refractivity (Wildman–Crippen MR) is 130 cm³/mol. The zero-order valence-corrected chi connectivity index (χ0v) is 19.5. The first-order valence-corrected chi connectivity index (χ1v) is 10.8. The minimum absolute atomic E-state index is 0.0562. The molecular formula is C24H29BN4O5. The van der Waals surface area contributed by atoms with Crippen LogP contribution in [0.1, 0.15) is 24.2 Å². The quantitative estimate of drug-likeness (QED) is 0.288. The van der Waals surface area contributed by atoms with Gasteiger partial charge in [-0.05, 0) is 18.1 Å². The summed E-state index contributed by atoms with van der Waals surface area (Å²) >= 11 is 0. The van der Waals surface area contributed by atoms with Crippen LogP contribution in [-0.4, -0.2) is 63.8 Å². The SMILES string of the molecule is [B]c1ccc(C(=O)CNC(=O)[C@H](CNc2ccccc2)NC(=O)[C@@H](NC(=O)OC)C(C)C)cc1. The van der Waals surface area contributed by atoms with Crippen LogP contribution in [-0.2, 0) is 14.3 Å². The predicted octanol–water partition coefficient (Wildman–Crippen LogP) is 0.757. The van der Waals surface area contributed by atoms with Crippen LogP contribution in [0.4, 0.5) is 10.5 Å². The minimum atomic E-state index is -1.02. The Bertz CT molecular complexity index is 983. The van der Waals surface area contributed by atoms with Gasteiger partial charge in [-0.1, -0.05) is 61.8 Å². The number of amides is 3. The highest BCUT2D eigenvalue weighted by Crippen LogP contribution is 2.07. The fraction of sp³-hybridized carbons (Fsp3) is 0.333. The second-order valence-electron chi connectivity index (χ2n) is 7.93. The number of methoxy groups -OCH3 is 1. The first kappa shape index (κ1) is 26.4. The number of benzene rings is 2. The Morgan fingerprint density at radius 2 is 1.56 bits per heavy atom. The molecule has 0 unspecified atom stereocenters. The molecule has 0 fully saturated rings. The van der Waals surface area contributed by atoms with Gasteiger partial charge in [-0.3, -0.25) is 14.4 Å². The summed E-state index contributed by atoms with van der Waals surface area (Å²) in [7, 11) is 6.84. The maximum atomic E-state index is 12.9. The number of nitrogens with one attached hydrogen (secondary N) is 4. The molecule has 2 rings (SSSR count). The summed E-state index contributed by atoms with van der Waals surface area (Å²) in [5, 5.41) is 10.8. The minimum Gasteiger partial charge on any atom is -0.453 e. The van der Waals surface area contributed by atoms with Crippen molar-refractivity contribution in [1.82, 2.24) is 16.0 Å². The first-order chi connectivity index (χ1) is 16.2. The zero-order chi connectivity index (χ0) is 25.1. The lowest BCUT2D eigenvalue weighted by atomic mass is 9.94. The van der Waals surface area contributed by atoms with E-state index in [-0.39, 0.29) is 24.8 Å². The molecule has 2 aromatic rings. The number of carbonyl (C=O) groups is 4. The van der Waals surface area contributed by atoms with Crippen molar-refractivity contribution >= 4 is 42.7 Å². The van der Waals surface area contributed by atoms with Crippen LogP contribution in [0.25, 0.3) is 0 Å². The molecule has 2 radical (unpaired) electrons. The molecule has 9 nitrogen and oxygen atoms in total. The van der Waals surface area contributed by atoms with Crippen molar-refractivity contribution in [3.8, 4) is 0 Å². The number of ketones is 1. The van der Waals surface area contributed by atoms with Gasteiger partial charge >= 0.3 is 6.09 Å². The first-order valence-electron chi connectivity index (χ1n) is 10.8. The molecule has 178 valence electrons. The van der Waals surface area contributed by atoms with E-state index in [0.29, 0.717) is 11.0 Å². The summed E-state index contributed by atoms with van der Waals surface area (Å²) in [6.07, 6.45) is -0.758. The van der Waals surface area contributed by atoms with Gasteiger partial charge in [0.2, 0.25) is 11.8 Å². The third kappa shape index (κ3) is 8.27. The Labute approximate surface area is 200 Å². The van der Waals surface area contributed by atoms with Gasteiger partial charge in [-0.25, -0.2) is 4.79 Å². The average Bonchev–Trinajstić information content (AvgIpc) is 2.83. The van der Waals surface area contributed by atoms with Crippen molar-refractivity contribution in [2.24, 2.45) is 5.92 Å². The summed E-state index contributed by atoms with van der Waals surface area (Å²) < 4.78 is 4.59. The van der Waals surface area contributed by atoms with Gasteiger partial charge in [0.25, 0.3) is 0 Å². The fourth-order valence-electron chi connectivity index (χ4n) is 3.03. The van der Waals surface area contributed by atoms with Crippen molar-refractivity contribution in [2.45, 2.75) is 25.9 Å². The van der Waals surface area contributed by atoms with Crippen molar-refractivity contribution < 1.29 is 23.9 Å². The second kappa shape index (κ2) is 13.0. The molecule has 0 saturated heterocycles. The molecule has 34 heavy (non-hydrogen) atoms. The number of Topliss-reactive ketones (excluding diaryl/α,β-unsaturated/α-hetero) is 1. The molecule has 0 aliphatic rings. The van der Waals surface area contributed by atoms with E-state index in [1.54, 1.807) is 38.1 Å². The van der Waals surface area contributed by atoms with Crippen molar-refractivity contribution in [1.29, 1.82) is 0 Å². The summed E-state index contributed by atoms with van der Waals surface area (Å²) in [5.41, 5.74) is 1.68. The molecule has 2 atom stereocenters. The van der Waals surface area contributed by atoms with Gasteiger partial charge < -0.3 is 26.0 Å².